The van der Waals surface area contributed by atoms with Gasteiger partial charge in [0, 0.05) is 23.7 Å². The van der Waals surface area contributed by atoms with Crippen LogP contribution in [0.5, 0.6) is 0 Å². The summed E-state index contributed by atoms with van der Waals surface area (Å²) in [6.45, 7) is 9.30. The van der Waals surface area contributed by atoms with Gasteiger partial charge in [-0.2, -0.15) is 9.37 Å². The van der Waals surface area contributed by atoms with E-state index in [2.05, 4.69) is 0 Å². The van der Waals surface area contributed by atoms with Crippen LogP contribution in [0.25, 0.3) is 0 Å². The Hall–Kier alpha value is -0.700. The molecule has 26 heavy (non-hydrogen) atoms. The first-order chi connectivity index (χ1) is 11.4. The highest BCUT2D eigenvalue weighted by atomic mass is 35.5. The van der Waals surface area contributed by atoms with E-state index in [-0.39, 0.29) is 36.5 Å². The maximum absolute atomic E-state index is 13.2. The number of hydrogen-bond acceptors (Lipinski definition) is 5. The molecule has 1 aromatic carbocycles. The predicted molar refractivity (Wildman–Crippen MR) is 104 cm³/mol. The fraction of sp³-hybridized carbons (Fsp3) is 0.667. The van der Waals surface area contributed by atoms with Crippen molar-refractivity contribution in [3.05, 3.63) is 29.8 Å². The molecule has 1 aliphatic rings. The number of sulfonamides is 1. The molecule has 0 aliphatic carbocycles. The predicted octanol–water partition coefficient (Wildman–Crippen LogP) is 2.81. The molecule has 8 heteroatoms. The molecule has 0 aromatic heterocycles. The van der Waals surface area contributed by atoms with Crippen LogP contribution in [-0.2, 0) is 10.0 Å². The molecule has 0 bridgehead atoms. The van der Waals surface area contributed by atoms with E-state index in [9.17, 15) is 18.7 Å². The van der Waals surface area contributed by atoms with Gasteiger partial charge in [0.2, 0.25) is 10.0 Å². The number of hydroxylamine groups is 2. The van der Waals surface area contributed by atoms with Gasteiger partial charge in [-0.25, -0.2) is 8.42 Å². The van der Waals surface area contributed by atoms with Crippen LogP contribution < -0.4 is 0 Å². The summed E-state index contributed by atoms with van der Waals surface area (Å²) in [6.07, 6.45) is 0.968. The van der Waals surface area contributed by atoms with E-state index in [1.165, 1.54) is 9.37 Å². The average molecular weight is 407 g/mol. The van der Waals surface area contributed by atoms with E-state index in [4.69, 9.17) is 0 Å². The Bertz CT molecular complexity index is 686. The topological polar surface area (TPSA) is 81.1 Å². The Morgan fingerprint density at radius 1 is 1.12 bits per heavy atom. The van der Waals surface area contributed by atoms with Crippen molar-refractivity contribution in [3.63, 3.8) is 0 Å². The van der Waals surface area contributed by atoms with Crippen LogP contribution in [0, 0.1) is 6.92 Å². The lowest BCUT2D eigenvalue weighted by atomic mass is 9.79. The number of aryl methyl sites for hydroxylation is 1. The Kier molecular flexibility index (Phi) is 7.29. The van der Waals surface area contributed by atoms with Crippen LogP contribution in [0.2, 0.25) is 0 Å². The second kappa shape index (κ2) is 8.12. The fourth-order valence-electron chi connectivity index (χ4n) is 3.86. The Morgan fingerprint density at radius 3 is 2.00 bits per heavy atom. The quantitative estimate of drug-likeness (QED) is 0.785. The SMILES string of the molecule is Cc1ccc(S(=O)(=O)N(CCO)C2CC(C)(C)N(O)C(C)(C)C2)cc1.Cl. The zero-order valence-corrected chi connectivity index (χ0v) is 17.8. The number of rotatable bonds is 5. The second-order valence-electron chi connectivity index (χ2n) is 8.15. The number of halogens is 1. The number of hydrogen-bond donors (Lipinski definition) is 2. The fourth-order valence-corrected chi connectivity index (χ4v) is 5.48. The number of benzene rings is 1. The summed E-state index contributed by atoms with van der Waals surface area (Å²) in [5, 5.41) is 21.3. The van der Waals surface area contributed by atoms with Crippen molar-refractivity contribution in [2.45, 2.75) is 69.5 Å². The van der Waals surface area contributed by atoms with Gasteiger partial charge in [-0.1, -0.05) is 17.7 Å². The average Bonchev–Trinajstić information content (AvgIpc) is 2.49. The van der Waals surface area contributed by atoms with Gasteiger partial charge < -0.3 is 10.3 Å². The zero-order chi connectivity index (χ0) is 19.0. The first-order valence-corrected chi connectivity index (χ1v) is 10.0. The van der Waals surface area contributed by atoms with Gasteiger partial charge in [-0.05, 0) is 59.6 Å². The van der Waals surface area contributed by atoms with Crippen LogP contribution in [0.1, 0.15) is 46.1 Å². The summed E-state index contributed by atoms with van der Waals surface area (Å²) >= 11 is 0. The van der Waals surface area contributed by atoms with Gasteiger partial charge in [0.1, 0.15) is 0 Å². The highest BCUT2D eigenvalue weighted by Crippen LogP contribution is 2.40. The summed E-state index contributed by atoms with van der Waals surface area (Å²) in [4.78, 5) is 0.230. The highest BCUT2D eigenvalue weighted by Gasteiger charge is 2.48. The third-order valence-corrected chi connectivity index (χ3v) is 6.94. The highest BCUT2D eigenvalue weighted by molar-refractivity contribution is 7.89. The third-order valence-electron chi connectivity index (χ3n) is 4.97. The van der Waals surface area contributed by atoms with Crippen molar-refractivity contribution < 1.29 is 18.7 Å². The molecule has 0 radical (unpaired) electrons. The largest absolute Gasteiger partial charge is 0.395 e. The smallest absolute Gasteiger partial charge is 0.243 e. The van der Waals surface area contributed by atoms with E-state index in [0.717, 1.165) is 5.56 Å². The number of nitrogens with zero attached hydrogens (tertiary/aromatic N) is 2. The van der Waals surface area contributed by atoms with Gasteiger partial charge in [0.15, 0.2) is 0 Å². The van der Waals surface area contributed by atoms with Crippen LogP contribution in [0.3, 0.4) is 0 Å². The van der Waals surface area contributed by atoms with E-state index in [1.807, 2.05) is 34.6 Å². The zero-order valence-electron chi connectivity index (χ0n) is 16.1. The minimum Gasteiger partial charge on any atom is -0.395 e. The molecule has 1 aliphatic heterocycles. The lowest BCUT2D eigenvalue weighted by molar-refractivity contribution is -0.249. The van der Waals surface area contributed by atoms with Crippen LogP contribution in [0.15, 0.2) is 29.2 Å². The maximum atomic E-state index is 13.2. The molecular formula is C18H31ClN2O4S. The molecule has 0 saturated carbocycles. The molecule has 1 saturated heterocycles. The van der Waals surface area contributed by atoms with E-state index in [1.54, 1.807) is 24.3 Å². The minimum absolute atomic E-state index is 0. The first-order valence-electron chi connectivity index (χ1n) is 8.60. The molecular weight excluding hydrogens is 376 g/mol. The monoisotopic (exact) mass is 406 g/mol. The van der Waals surface area contributed by atoms with E-state index in [0.29, 0.717) is 12.8 Å². The Balaban J connectivity index is 0.00000338. The summed E-state index contributed by atoms with van der Waals surface area (Å²) in [6, 6.07) is 6.45. The molecule has 2 rings (SSSR count). The molecule has 2 N–H and O–H groups in total. The third kappa shape index (κ3) is 4.58. The summed E-state index contributed by atoms with van der Waals surface area (Å²) in [5.74, 6) is 0. The second-order valence-corrected chi connectivity index (χ2v) is 10.0. The Labute approximate surface area is 163 Å². The molecule has 0 amide bonds. The van der Waals surface area contributed by atoms with Gasteiger partial charge >= 0.3 is 0 Å². The number of aliphatic hydroxyl groups is 1. The van der Waals surface area contributed by atoms with E-state index < -0.39 is 21.1 Å². The normalized spacial score (nSPS) is 20.8. The number of piperidine rings is 1. The molecule has 6 nitrogen and oxygen atoms in total. The van der Waals surface area contributed by atoms with Gasteiger partial charge in [-0.15, -0.1) is 12.4 Å². The van der Waals surface area contributed by atoms with Crippen molar-refractivity contribution >= 4 is 22.4 Å². The molecule has 0 unspecified atom stereocenters. The van der Waals surface area contributed by atoms with Crippen LogP contribution in [-0.4, -0.2) is 58.4 Å². The van der Waals surface area contributed by atoms with Crippen molar-refractivity contribution in [2.24, 2.45) is 0 Å². The summed E-state index contributed by atoms with van der Waals surface area (Å²) < 4.78 is 27.7. The standard InChI is InChI=1S/C18H30N2O4S.ClH/c1-14-6-8-16(9-7-14)25(23,24)19(10-11-21)15-12-17(2,3)20(22)18(4,5)13-15;/h6-9,15,21-22H,10-13H2,1-5H3;1H. The minimum atomic E-state index is -3.72. The van der Waals surface area contributed by atoms with Gasteiger partial charge in [0.25, 0.3) is 0 Å². The molecule has 1 heterocycles. The van der Waals surface area contributed by atoms with E-state index >= 15 is 0 Å². The molecule has 0 atom stereocenters. The summed E-state index contributed by atoms with van der Waals surface area (Å²) in [7, 11) is -3.72. The summed E-state index contributed by atoms with van der Waals surface area (Å²) in [5.41, 5.74) is -0.144. The van der Waals surface area contributed by atoms with Crippen LogP contribution >= 0.6 is 12.4 Å². The lowest BCUT2D eigenvalue weighted by Crippen LogP contribution is -2.63. The number of aliphatic hydroxyl groups excluding tert-OH is 1. The van der Waals surface area contributed by atoms with Gasteiger partial charge in [0.05, 0.1) is 11.5 Å². The molecule has 150 valence electrons. The molecule has 0 spiro atoms. The van der Waals surface area contributed by atoms with Gasteiger partial charge in [-0.3, -0.25) is 0 Å². The lowest BCUT2D eigenvalue weighted by Gasteiger charge is -2.53. The van der Waals surface area contributed by atoms with Crippen molar-refractivity contribution in [1.29, 1.82) is 0 Å². The Morgan fingerprint density at radius 2 is 1.58 bits per heavy atom. The molecule has 1 fully saturated rings. The van der Waals surface area contributed by atoms with Crippen molar-refractivity contribution in [1.82, 2.24) is 9.37 Å². The maximum Gasteiger partial charge on any atom is 0.243 e. The molecule has 1 aromatic rings. The van der Waals surface area contributed by atoms with Crippen molar-refractivity contribution in [3.8, 4) is 0 Å². The van der Waals surface area contributed by atoms with Crippen LogP contribution in [0.4, 0.5) is 0 Å². The van der Waals surface area contributed by atoms with Crippen molar-refractivity contribution in [2.75, 3.05) is 13.2 Å². The first kappa shape index (κ1) is 23.3.